The molecule has 264 valence electrons. The van der Waals surface area contributed by atoms with Crippen LogP contribution in [0.4, 0.5) is 34.1 Å². The van der Waals surface area contributed by atoms with Crippen LogP contribution in [0.25, 0.3) is 33.0 Å². The number of anilines is 6. The van der Waals surface area contributed by atoms with Crippen LogP contribution in [0.3, 0.4) is 0 Å². The first-order valence-corrected chi connectivity index (χ1v) is 16.0. The first kappa shape index (κ1) is 11.2. The summed E-state index contributed by atoms with van der Waals surface area (Å²) >= 11 is 0. The number of fused-ring (bicyclic) bond motifs is 9. The Morgan fingerprint density at radius 2 is 1.15 bits per heavy atom. The van der Waals surface area contributed by atoms with Gasteiger partial charge in [-0.2, -0.15) is 0 Å². The summed E-state index contributed by atoms with van der Waals surface area (Å²) in [6, 6.07) is -36.7. The molecule has 0 atom stereocenters. The minimum atomic E-state index is -4.30. The summed E-state index contributed by atoms with van der Waals surface area (Å²) in [6.45, 7) is -16.8. The SMILES string of the molecule is [2H]c1c([2H])c([2H])c(N(c2c([2H])c([2H])c(-c3c([2H])c([2H])c4c5c3C(C([2H])([2H])[2H])(C([2H])([2H])[2H])c3c([2H])c([2H])c([2H])c([2H])c3N5c3c(c([2H])c([2H])c5c([2H])c([2H])c([2H])c([2H])c35)O4)c([2H])c2[2H])c2c([2H])c([2H])c3c(c2[2H])C(C([2H])([2H])[2H])(C([2H])([2H])[2H])c2c([2H])c([2H])c([2H])c([2H])c2-3)c([2H])c1[2H]. The van der Waals surface area contributed by atoms with Crippen LogP contribution in [0.1, 0.15) is 104 Å². The molecule has 2 aliphatic heterocycles. The van der Waals surface area contributed by atoms with Gasteiger partial charge in [-0.1, -0.05) is 142 Å². The van der Waals surface area contributed by atoms with Gasteiger partial charge < -0.3 is 14.5 Å². The summed E-state index contributed by atoms with van der Waals surface area (Å²) in [5.41, 5.74) is -26.0. The summed E-state index contributed by atoms with van der Waals surface area (Å²) in [6.07, 6.45) is 0. The van der Waals surface area contributed by atoms with Crippen LogP contribution in [0.5, 0.6) is 11.5 Å². The van der Waals surface area contributed by atoms with E-state index in [-0.39, 0.29) is 4.90 Å². The van der Waals surface area contributed by atoms with Crippen molar-refractivity contribution < 1.29 is 59.6 Å². The second kappa shape index (κ2) is 11.5. The molecule has 0 saturated carbocycles. The van der Waals surface area contributed by atoms with Gasteiger partial charge in [0, 0.05) is 49.7 Å². The third-order valence-electron chi connectivity index (χ3n) is 9.24. The van der Waals surface area contributed by atoms with E-state index in [0.717, 1.165) is 0 Å². The predicted octanol–water partition coefficient (Wildman–Crippen LogP) is 14.5. The van der Waals surface area contributed by atoms with Gasteiger partial charge in [-0.15, -0.1) is 0 Å². The lowest BCUT2D eigenvalue weighted by Gasteiger charge is -2.46. The Balaban J connectivity index is 1.38. The van der Waals surface area contributed by atoms with Crippen LogP contribution in [-0.2, 0) is 10.8 Å². The van der Waals surface area contributed by atoms with Crippen LogP contribution in [0.2, 0.25) is 0 Å². The van der Waals surface area contributed by atoms with E-state index in [1.807, 2.05) is 0 Å². The standard InChI is InChI=1S/C52H40N2O/c1-51(2)42-19-11-10-18-40(42)41-28-27-37(32-44(41)51)53(35-15-6-5-7-16-35)36-25-22-34(23-26-36)38-29-31-47-50-48(38)52(3,4)43-20-12-13-21-45(43)54(50)49-39-17-9-8-14-33(39)24-30-46(49)55-47/h5-32H,1-4H3/i1D3,2D3,3D3,4D3,5D,6D,7D,8D,9D,10D,11D,12D,13D,14D,15D,16D,17D,18D,19D,20D,21D,22D,23D,24D,25D,26D,27D,28D,29D,30D,31D,32D. The van der Waals surface area contributed by atoms with Gasteiger partial charge in [0.2, 0.25) is 0 Å². The van der Waals surface area contributed by atoms with Crippen LogP contribution >= 0.6 is 0 Å². The van der Waals surface area contributed by atoms with Crippen LogP contribution in [0.15, 0.2) is 169 Å². The number of hydrogen-bond acceptors (Lipinski definition) is 3. The Bertz CT molecular complexity index is 4840. The number of nitrogens with zero attached hydrogens (tertiary/aromatic N) is 2. The lowest BCUT2D eigenvalue weighted by molar-refractivity contribution is 0.472. The Labute approximate surface area is 378 Å². The van der Waals surface area contributed by atoms with Gasteiger partial charge in [0.05, 0.1) is 55.4 Å². The minimum Gasteiger partial charge on any atom is -0.453 e. The van der Waals surface area contributed by atoms with Crippen molar-refractivity contribution in [2.24, 2.45) is 0 Å². The van der Waals surface area contributed by atoms with Gasteiger partial charge in [0.1, 0.15) is 0 Å². The van der Waals surface area contributed by atoms with Crippen molar-refractivity contribution >= 4 is 44.9 Å². The fraction of sp³-hybridized carbons (Fsp3) is 0.115. The molecular weight excluding hydrogens is 669 g/mol. The Morgan fingerprint density at radius 3 is 1.98 bits per heavy atom. The van der Waals surface area contributed by atoms with E-state index < -0.39 is 308 Å². The largest absolute Gasteiger partial charge is 0.453 e. The fourth-order valence-corrected chi connectivity index (χ4v) is 6.90. The van der Waals surface area contributed by atoms with Crippen molar-refractivity contribution in [3.63, 3.8) is 0 Å². The molecule has 8 aromatic carbocycles. The molecule has 0 amide bonds. The van der Waals surface area contributed by atoms with Gasteiger partial charge in [-0.25, -0.2) is 0 Å². The molecule has 0 saturated heterocycles. The summed E-state index contributed by atoms with van der Waals surface area (Å²) in [7, 11) is 0. The highest BCUT2D eigenvalue weighted by Gasteiger charge is 2.44. The molecule has 0 unspecified atom stereocenters. The van der Waals surface area contributed by atoms with Crippen LogP contribution in [-0.4, -0.2) is 0 Å². The second-order valence-corrected chi connectivity index (χ2v) is 12.3. The lowest BCUT2D eigenvalue weighted by atomic mass is 9.70. The molecule has 0 bridgehead atoms. The molecule has 1 aliphatic carbocycles. The number of ether oxygens (including phenoxy) is 1. The van der Waals surface area contributed by atoms with E-state index >= 15 is 0 Å². The zero-order chi connectivity index (χ0) is 71.4. The topological polar surface area (TPSA) is 15.7 Å². The highest BCUT2D eigenvalue weighted by atomic mass is 16.5. The highest BCUT2D eigenvalue weighted by Crippen LogP contribution is 2.63. The molecule has 3 heteroatoms. The zero-order valence-electron chi connectivity index (χ0n) is 67.3. The first-order valence-electron chi connectivity index (χ1n) is 36.0. The van der Waals surface area contributed by atoms with Crippen molar-refractivity contribution in [3.8, 4) is 33.8 Å². The smallest absolute Gasteiger partial charge is 0.152 e. The summed E-state index contributed by atoms with van der Waals surface area (Å²) < 4.78 is 374. The third-order valence-corrected chi connectivity index (χ3v) is 9.24. The minimum absolute atomic E-state index is 0.0597. The number of hydrogen-bond donors (Lipinski definition) is 0. The van der Waals surface area contributed by atoms with Crippen molar-refractivity contribution in [1.82, 2.24) is 0 Å². The Morgan fingerprint density at radius 1 is 0.509 bits per heavy atom. The van der Waals surface area contributed by atoms with E-state index in [4.69, 9.17) is 30.8 Å². The molecule has 0 aromatic heterocycles. The van der Waals surface area contributed by atoms with E-state index in [9.17, 15) is 28.8 Å². The molecule has 0 N–H and O–H groups in total. The summed E-state index contributed by atoms with van der Waals surface area (Å²) in [5.74, 6) is -2.13. The van der Waals surface area contributed by atoms with Gasteiger partial charge in [0.25, 0.3) is 0 Å². The van der Waals surface area contributed by atoms with Crippen molar-refractivity contribution in [1.29, 1.82) is 0 Å². The van der Waals surface area contributed by atoms with E-state index in [1.54, 1.807) is 0 Å². The molecule has 3 nitrogen and oxygen atoms in total. The Kier molecular flexibility index (Phi) is 2.34. The van der Waals surface area contributed by atoms with Crippen LogP contribution in [0, 0.1) is 0 Å². The molecule has 2 heterocycles. The molecule has 55 heavy (non-hydrogen) atoms. The van der Waals surface area contributed by atoms with Gasteiger partial charge in [-0.3, -0.25) is 0 Å². The van der Waals surface area contributed by atoms with Gasteiger partial charge in [-0.05, 0) is 104 Å². The quantitative estimate of drug-likeness (QED) is 0.178. The molecule has 0 spiro atoms. The maximum atomic E-state index is 10.0. The molecule has 0 fully saturated rings. The zero-order valence-corrected chi connectivity index (χ0v) is 27.3. The summed E-state index contributed by atoms with van der Waals surface area (Å²) in [4.78, 5) is 0.612. The van der Waals surface area contributed by atoms with Gasteiger partial charge >= 0.3 is 0 Å². The summed E-state index contributed by atoms with van der Waals surface area (Å²) in [5, 5.41) is -1.60. The van der Waals surface area contributed by atoms with E-state index in [1.165, 1.54) is 0 Å². The van der Waals surface area contributed by atoms with Crippen LogP contribution < -0.4 is 14.5 Å². The molecule has 8 aromatic rings. The number of rotatable bonds is 4. The predicted molar refractivity (Wildman–Crippen MR) is 229 cm³/mol. The molecular formula is C52H40N2O. The second-order valence-electron chi connectivity index (χ2n) is 12.3. The van der Waals surface area contributed by atoms with E-state index in [2.05, 4.69) is 0 Å². The maximum Gasteiger partial charge on any atom is 0.152 e. The fourth-order valence-electron chi connectivity index (χ4n) is 6.90. The number of benzene rings is 8. The number of para-hydroxylation sites is 2. The van der Waals surface area contributed by atoms with Crippen molar-refractivity contribution in [2.75, 3.05) is 9.80 Å². The monoisotopic (exact) mass is 749 g/mol. The maximum absolute atomic E-state index is 10.0. The van der Waals surface area contributed by atoms with Crippen molar-refractivity contribution in [3.05, 3.63) is 191 Å². The molecule has 0 radical (unpaired) electrons. The Hall–Kier alpha value is -6.58. The average molecular weight is 749 g/mol. The van der Waals surface area contributed by atoms with Gasteiger partial charge in [0.15, 0.2) is 11.5 Å². The first-order chi connectivity index (χ1) is 43.5. The van der Waals surface area contributed by atoms with E-state index in [0.29, 0.717) is 4.90 Å². The molecule has 11 rings (SSSR count). The normalized spacial score (nSPS) is 26.2. The molecule has 3 aliphatic rings. The van der Waals surface area contributed by atoms with Crippen molar-refractivity contribution in [2.45, 2.75) is 38.2 Å². The third kappa shape index (κ3) is 4.50. The lowest BCUT2D eigenvalue weighted by Crippen LogP contribution is -2.33. The highest BCUT2D eigenvalue weighted by molar-refractivity contribution is 6.07. The average Bonchev–Trinajstić information content (AvgIpc) is 1.34.